The van der Waals surface area contributed by atoms with Gasteiger partial charge in [-0.25, -0.2) is 0 Å². The lowest BCUT2D eigenvalue weighted by Crippen LogP contribution is -2.11. The van der Waals surface area contributed by atoms with Crippen LogP contribution in [0.1, 0.15) is 6.42 Å². The van der Waals surface area contributed by atoms with Crippen molar-refractivity contribution in [2.24, 2.45) is 0 Å². The first-order valence-corrected chi connectivity index (χ1v) is 3.32. The van der Waals surface area contributed by atoms with Gasteiger partial charge in [0, 0.05) is 0 Å². The Morgan fingerprint density at radius 3 is 2.11 bits per heavy atom. The molecule has 0 bridgehead atoms. The fraction of sp³-hybridized carbons (Fsp3) is 0.750. The van der Waals surface area contributed by atoms with Gasteiger partial charge >= 0.3 is 6.18 Å². The number of alkyl halides is 3. The highest BCUT2D eigenvalue weighted by atomic mass is 32.2. The molecule has 0 aliphatic heterocycles. The van der Waals surface area contributed by atoms with E-state index in [4.69, 9.17) is 0 Å². The van der Waals surface area contributed by atoms with Crippen molar-refractivity contribution in [3.63, 3.8) is 0 Å². The molecule has 0 saturated heterocycles. The summed E-state index contributed by atoms with van der Waals surface area (Å²) in [5.74, 6) is 0. The second-order valence-electron chi connectivity index (χ2n) is 1.37. The topological polar surface area (TPSA) is 17.1 Å². The van der Waals surface area contributed by atoms with Crippen LogP contribution in [0.5, 0.6) is 0 Å². The first-order valence-electron chi connectivity index (χ1n) is 2.09. The Labute approximate surface area is 54.6 Å². The molecule has 0 amide bonds. The lowest BCUT2D eigenvalue weighted by molar-refractivity contribution is -0.146. The number of carbonyl (C=O) groups excluding carboxylic acids is 1. The minimum atomic E-state index is -4.35. The number of thioether (sulfide) groups is 1. The highest BCUT2D eigenvalue weighted by Crippen LogP contribution is 2.21. The molecule has 0 spiro atoms. The monoisotopic (exact) mass is 158 g/mol. The van der Waals surface area contributed by atoms with Crippen LogP contribution in [-0.4, -0.2) is 17.5 Å². The van der Waals surface area contributed by atoms with Gasteiger partial charge in [-0.3, -0.25) is 4.79 Å². The van der Waals surface area contributed by atoms with Crippen molar-refractivity contribution in [1.82, 2.24) is 0 Å². The molecule has 0 aliphatic carbocycles. The lowest BCUT2D eigenvalue weighted by Gasteiger charge is -2.01. The molecule has 0 fully saturated rings. The maximum atomic E-state index is 11.3. The minimum absolute atomic E-state index is 0.593. The molecule has 0 atom stereocenters. The van der Waals surface area contributed by atoms with Gasteiger partial charge in [-0.15, -0.1) is 0 Å². The molecule has 0 N–H and O–H groups in total. The first-order chi connectivity index (χ1) is 3.95. The molecule has 0 aliphatic rings. The van der Waals surface area contributed by atoms with Gasteiger partial charge in [0.1, 0.15) is 6.42 Å². The predicted octanol–water partition coefficient (Wildman–Crippen LogP) is 1.83. The third-order valence-corrected chi connectivity index (χ3v) is 1.17. The molecule has 0 radical (unpaired) electrons. The average molecular weight is 158 g/mol. The molecule has 0 aromatic heterocycles. The molecular formula is C4H5F3OS. The zero-order chi connectivity index (χ0) is 7.49. The summed E-state index contributed by atoms with van der Waals surface area (Å²) in [7, 11) is 0. The minimum Gasteiger partial charge on any atom is -0.287 e. The summed E-state index contributed by atoms with van der Waals surface area (Å²) in [5.41, 5.74) is 0. The van der Waals surface area contributed by atoms with Crippen LogP contribution in [0, 0.1) is 0 Å². The van der Waals surface area contributed by atoms with Crippen molar-refractivity contribution in [2.45, 2.75) is 12.6 Å². The molecule has 0 rings (SSSR count). The largest absolute Gasteiger partial charge is 0.396 e. The molecule has 0 aromatic rings. The number of hydrogen-bond acceptors (Lipinski definition) is 2. The van der Waals surface area contributed by atoms with Crippen molar-refractivity contribution in [3.8, 4) is 0 Å². The van der Waals surface area contributed by atoms with Gasteiger partial charge in [0.05, 0.1) is 0 Å². The van der Waals surface area contributed by atoms with E-state index in [0.717, 1.165) is 0 Å². The molecule has 0 aromatic carbocycles. The second-order valence-corrected chi connectivity index (χ2v) is 2.23. The van der Waals surface area contributed by atoms with Crippen LogP contribution in [0.2, 0.25) is 0 Å². The Kier molecular flexibility index (Phi) is 3.03. The van der Waals surface area contributed by atoms with Crippen molar-refractivity contribution in [2.75, 3.05) is 6.26 Å². The van der Waals surface area contributed by atoms with Crippen molar-refractivity contribution < 1.29 is 18.0 Å². The SMILES string of the molecule is CSC(=O)CC(F)(F)F. The van der Waals surface area contributed by atoms with E-state index in [2.05, 4.69) is 0 Å². The molecule has 0 heterocycles. The van der Waals surface area contributed by atoms with Crippen molar-refractivity contribution in [3.05, 3.63) is 0 Å². The predicted molar refractivity (Wildman–Crippen MR) is 29.2 cm³/mol. The number of carbonyl (C=O) groups is 1. The van der Waals surface area contributed by atoms with Crippen LogP contribution >= 0.6 is 11.8 Å². The Hall–Kier alpha value is -0.190. The van der Waals surface area contributed by atoms with Crippen LogP contribution in [0.15, 0.2) is 0 Å². The van der Waals surface area contributed by atoms with E-state index < -0.39 is 17.7 Å². The summed E-state index contributed by atoms with van der Waals surface area (Å²) < 4.78 is 33.8. The Balaban J connectivity index is 3.60. The van der Waals surface area contributed by atoms with Crippen LogP contribution in [-0.2, 0) is 4.79 Å². The quantitative estimate of drug-likeness (QED) is 0.579. The average Bonchev–Trinajstić information content (AvgIpc) is 1.62. The summed E-state index contributed by atoms with van der Waals surface area (Å²) in [6, 6.07) is 0. The molecule has 1 nitrogen and oxygen atoms in total. The van der Waals surface area contributed by atoms with E-state index in [1.165, 1.54) is 6.26 Å². The van der Waals surface area contributed by atoms with Gasteiger partial charge in [0.15, 0.2) is 5.12 Å². The molecule has 54 valence electrons. The van der Waals surface area contributed by atoms with Crippen molar-refractivity contribution in [1.29, 1.82) is 0 Å². The third kappa shape index (κ3) is 5.68. The van der Waals surface area contributed by atoms with E-state index in [0.29, 0.717) is 11.8 Å². The third-order valence-electron chi connectivity index (χ3n) is 0.572. The number of hydrogen-bond donors (Lipinski definition) is 0. The molecule has 0 unspecified atom stereocenters. The highest BCUT2D eigenvalue weighted by molar-refractivity contribution is 8.13. The number of halogens is 3. The van der Waals surface area contributed by atoms with E-state index in [9.17, 15) is 18.0 Å². The summed E-state index contributed by atoms with van der Waals surface area (Å²) in [4.78, 5) is 10.1. The summed E-state index contributed by atoms with van der Waals surface area (Å²) >= 11 is 0.593. The summed E-state index contributed by atoms with van der Waals surface area (Å²) in [6.45, 7) is 0. The fourth-order valence-corrected chi connectivity index (χ4v) is 0.544. The van der Waals surface area contributed by atoms with Crippen molar-refractivity contribution >= 4 is 16.9 Å². The van der Waals surface area contributed by atoms with E-state index >= 15 is 0 Å². The van der Waals surface area contributed by atoms with Gasteiger partial charge in [-0.1, -0.05) is 11.8 Å². The summed E-state index contributed by atoms with van der Waals surface area (Å²) in [6.07, 6.45) is -4.34. The van der Waals surface area contributed by atoms with Crippen LogP contribution < -0.4 is 0 Å². The van der Waals surface area contributed by atoms with Gasteiger partial charge < -0.3 is 0 Å². The Morgan fingerprint density at radius 2 is 2.00 bits per heavy atom. The maximum Gasteiger partial charge on any atom is 0.396 e. The fourth-order valence-electron chi connectivity index (χ4n) is 0.236. The van der Waals surface area contributed by atoms with Gasteiger partial charge in [0.2, 0.25) is 0 Å². The number of rotatable bonds is 1. The van der Waals surface area contributed by atoms with Gasteiger partial charge in [-0.05, 0) is 6.26 Å². The van der Waals surface area contributed by atoms with Gasteiger partial charge in [0.25, 0.3) is 0 Å². The maximum absolute atomic E-state index is 11.3. The van der Waals surface area contributed by atoms with Crippen LogP contribution in [0.3, 0.4) is 0 Å². The Bertz CT molecular complexity index is 109. The van der Waals surface area contributed by atoms with Crippen LogP contribution in [0.4, 0.5) is 13.2 Å². The first kappa shape index (κ1) is 8.81. The normalized spacial score (nSPS) is 11.6. The van der Waals surface area contributed by atoms with E-state index in [1.54, 1.807) is 0 Å². The molecule has 5 heteroatoms. The highest BCUT2D eigenvalue weighted by Gasteiger charge is 2.30. The molecule has 9 heavy (non-hydrogen) atoms. The molecule has 0 saturated carbocycles. The zero-order valence-corrected chi connectivity index (χ0v) is 5.47. The summed E-state index contributed by atoms with van der Waals surface area (Å²) in [5, 5.41) is -0.845. The van der Waals surface area contributed by atoms with E-state index in [1.807, 2.05) is 0 Å². The van der Waals surface area contributed by atoms with E-state index in [-0.39, 0.29) is 0 Å². The Morgan fingerprint density at radius 1 is 1.56 bits per heavy atom. The second kappa shape index (κ2) is 3.10. The smallest absolute Gasteiger partial charge is 0.287 e. The zero-order valence-electron chi connectivity index (χ0n) is 4.66. The standard InChI is InChI=1S/C4H5F3OS/c1-9-3(8)2-4(5,6)7/h2H2,1H3. The van der Waals surface area contributed by atoms with Gasteiger partial charge in [-0.2, -0.15) is 13.2 Å². The van der Waals surface area contributed by atoms with Crippen LogP contribution in [0.25, 0.3) is 0 Å². The molecular weight excluding hydrogens is 153 g/mol. The lowest BCUT2D eigenvalue weighted by atomic mass is 10.5.